The molecule has 1 aliphatic rings. The fraction of sp³-hybridized carbons (Fsp3) is 0.731. The maximum Gasteiger partial charge on any atom is 0.303 e. The number of benzene rings is 1. The lowest BCUT2D eigenvalue weighted by Crippen LogP contribution is -2.02. The lowest BCUT2D eigenvalue weighted by molar-refractivity contribution is -0.137. The molecule has 1 fully saturated rings. The first-order chi connectivity index (χ1) is 15.1. The zero-order valence-corrected chi connectivity index (χ0v) is 25.7. The molecular formula is C26H43I3O2. The molecule has 0 unspecified atom stereocenters. The van der Waals surface area contributed by atoms with Crippen molar-refractivity contribution < 1.29 is 9.90 Å². The van der Waals surface area contributed by atoms with Crippen molar-refractivity contribution in [1.29, 1.82) is 0 Å². The summed E-state index contributed by atoms with van der Waals surface area (Å²) in [5.41, 5.74) is 1.46. The Morgan fingerprint density at radius 1 is 0.774 bits per heavy atom. The van der Waals surface area contributed by atoms with Crippen LogP contribution in [0.1, 0.15) is 102 Å². The summed E-state index contributed by atoms with van der Waals surface area (Å²) in [4.78, 5) is 10.2. The summed E-state index contributed by atoms with van der Waals surface area (Å²) in [6.45, 7) is 0. The third-order valence-corrected chi connectivity index (χ3v) is 8.02. The number of hydrogen-bond donors (Lipinski definition) is 1. The summed E-state index contributed by atoms with van der Waals surface area (Å²) in [7, 11) is 0. The number of carboxylic acid groups (broad SMARTS) is 1. The first kappa shape index (κ1) is 31.9. The third-order valence-electron chi connectivity index (χ3n) is 5.25. The Kier molecular flexibility index (Phi) is 26.2. The highest BCUT2D eigenvalue weighted by Crippen LogP contribution is 2.23. The zero-order valence-electron chi connectivity index (χ0n) is 19.2. The first-order valence-corrected chi connectivity index (χ1v) is 16.4. The monoisotopic (exact) mass is 768 g/mol. The molecule has 31 heavy (non-hydrogen) atoms. The number of unbranched alkanes of at least 4 members (excludes halogenated alkanes) is 7. The third kappa shape index (κ3) is 25.3. The molecule has 1 aromatic carbocycles. The van der Waals surface area contributed by atoms with Crippen LogP contribution >= 0.6 is 67.8 Å². The summed E-state index contributed by atoms with van der Waals surface area (Å²) in [6, 6.07) is 10.6. The molecule has 2 rings (SSSR count). The zero-order chi connectivity index (χ0) is 23.0. The maximum absolute atomic E-state index is 10.2. The van der Waals surface area contributed by atoms with E-state index in [4.69, 9.17) is 5.11 Å². The fourth-order valence-corrected chi connectivity index (χ4v) is 5.20. The Hall–Kier alpha value is 0.880. The van der Waals surface area contributed by atoms with E-state index in [0.717, 1.165) is 16.8 Å². The summed E-state index contributed by atoms with van der Waals surface area (Å²) < 4.78 is 3.54. The van der Waals surface area contributed by atoms with Crippen LogP contribution in [0, 0.1) is 0 Å². The predicted molar refractivity (Wildman–Crippen MR) is 163 cm³/mol. The Morgan fingerprint density at radius 2 is 1.29 bits per heavy atom. The van der Waals surface area contributed by atoms with E-state index < -0.39 is 5.97 Å². The number of rotatable bonds is 13. The average molecular weight is 768 g/mol. The van der Waals surface area contributed by atoms with Gasteiger partial charge in [-0.1, -0.05) is 156 Å². The second-order valence-corrected chi connectivity index (χ2v) is 12.1. The van der Waals surface area contributed by atoms with Gasteiger partial charge in [-0.05, 0) is 52.9 Å². The average Bonchev–Trinajstić information content (AvgIpc) is 2.78. The molecule has 0 aliphatic heterocycles. The van der Waals surface area contributed by atoms with Gasteiger partial charge in [-0.25, -0.2) is 0 Å². The van der Waals surface area contributed by atoms with Crippen molar-refractivity contribution in [1.82, 2.24) is 0 Å². The van der Waals surface area contributed by atoms with Crippen LogP contribution in [0.25, 0.3) is 0 Å². The van der Waals surface area contributed by atoms with Gasteiger partial charge in [-0.15, -0.1) is 0 Å². The molecule has 180 valence electrons. The minimum Gasteiger partial charge on any atom is -0.481 e. The van der Waals surface area contributed by atoms with Gasteiger partial charge in [0.1, 0.15) is 0 Å². The number of halogens is 3. The molecule has 0 spiro atoms. The second kappa shape index (κ2) is 25.5. The van der Waals surface area contributed by atoms with Crippen LogP contribution < -0.4 is 0 Å². The second-order valence-electron chi connectivity index (χ2n) is 8.17. The highest BCUT2D eigenvalue weighted by molar-refractivity contribution is 14.1. The Morgan fingerprint density at radius 3 is 1.74 bits per heavy atom. The van der Waals surface area contributed by atoms with Gasteiger partial charge in [0.05, 0.1) is 0 Å². The van der Waals surface area contributed by atoms with Crippen molar-refractivity contribution in [3.8, 4) is 0 Å². The Labute approximate surface area is 232 Å². The van der Waals surface area contributed by atoms with E-state index in [2.05, 4.69) is 98.1 Å². The molecule has 0 radical (unpaired) electrons. The van der Waals surface area contributed by atoms with Crippen LogP contribution in [0.15, 0.2) is 30.3 Å². The molecule has 1 saturated carbocycles. The van der Waals surface area contributed by atoms with Crippen molar-refractivity contribution in [3.63, 3.8) is 0 Å². The molecule has 0 aromatic heterocycles. The molecule has 2 nitrogen and oxygen atoms in total. The summed E-state index contributed by atoms with van der Waals surface area (Å²) in [6.07, 6.45) is 20.0. The van der Waals surface area contributed by atoms with Gasteiger partial charge >= 0.3 is 5.97 Å². The van der Waals surface area contributed by atoms with Crippen molar-refractivity contribution in [2.24, 2.45) is 0 Å². The molecule has 0 amide bonds. The standard InChI is InChI=1S/C11H21IO2.C9H11I.C6H11I/c12-10-8-6-4-2-1-3-5-7-9-11(13)14;10-8-4-7-9-5-2-1-3-6-9;7-6-4-2-1-3-5-6/h1-10H2,(H,13,14);1-3,5-6H,4,7-8H2;6H,1-5H2. The molecule has 1 aromatic rings. The number of carboxylic acids is 1. The van der Waals surface area contributed by atoms with Gasteiger partial charge in [0.15, 0.2) is 0 Å². The molecule has 0 saturated heterocycles. The van der Waals surface area contributed by atoms with Crippen molar-refractivity contribution in [2.75, 3.05) is 8.86 Å². The van der Waals surface area contributed by atoms with E-state index in [1.807, 2.05) is 0 Å². The van der Waals surface area contributed by atoms with Crippen LogP contribution in [0.2, 0.25) is 0 Å². The number of aryl methyl sites for hydroxylation is 1. The van der Waals surface area contributed by atoms with Crippen LogP contribution in [0.5, 0.6) is 0 Å². The number of carbonyl (C=O) groups is 1. The molecule has 0 bridgehead atoms. The maximum atomic E-state index is 10.2. The van der Waals surface area contributed by atoms with Gasteiger partial charge in [-0.3, -0.25) is 4.79 Å². The van der Waals surface area contributed by atoms with E-state index in [1.165, 1.54) is 97.9 Å². The Balaban J connectivity index is 0.000000460. The molecule has 5 heteroatoms. The summed E-state index contributed by atoms with van der Waals surface area (Å²) >= 11 is 7.39. The van der Waals surface area contributed by atoms with E-state index >= 15 is 0 Å². The smallest absolute Gasteiger partial charge is 0.303 e. The Bertz CT molecular complexity index is 491. The lowest BCUT2D eigenvalue weighted by atomic mass is 10.0. The minimum absolute atomic E-state index is 0.342. The topological polar surface area (TPSA) is 37.3 Å². The number of hydrogen-bond acceptors (Lipinski definition) is 1. The molecule has 0 heterocycles. The minimum atomic E-state index is -0.660. The van der Waals surface area contributed by atoms with Gasteiger partial charge in [-0.2, -0.15) is 0 Å². The van der Waals surface area contributed by atoms with E-state index in [9.17, 15) is 4.79 Å². The van der Waals surface area contributed by atoms with Crippen molar-refractivity contribution in [3.05, 3.63) is 35.9 Å². The highest BCUT2D eigenvalue weighted by Gasteiger charge is 2.07. The lowest BCUT2D eigenvalue weighted by Gasteiger charge is -2.13. The predicted octanol–water partition coefficient (Wildman–Crippen LogP) is 9.83. The normalized spacial score (nSPS) is 13.5. The van der Waals surface area contributed by atoms with Crippen LogP contribution in [0.4, 0.5) is 0 Å². The molecular weight excluding hydrogens is 725 g/mol. The van der Waals surface area contributed by atoms with Crippen LogP contribution in [-0.4, -0.2) is 23.9 Å². The van der Waals surface area contributed by atoms with Gasteiger partial charge in [0.25, 0.3) is 0 Å². The first-order valence-electron chi connectivity index (χ1n) is 12.1. The summed E-state index contributed by atoms with van der Waals surface area (Å²) in [5.74, 6) is -0.660. The van der Waals surface area contributed by atoms with E-state index in [1.54, 1.807) is 0 Å². The number of aliphatic carboxylic acids is 1. The SMILES string of the molecule is IC1CCCCC1.ICCCc1ccccc1.O=C(O)CCCCCCCCCCI. The van der Waals surface area contributed by atoms with Crippen molar-refractivity contribution >= 4 is 73.7 Å². The fourth-order valence-electron chi connectivity index (χ4n) is 3.40. The molecule has 0 atom stereocenters. The quantitative estimate of drug-likeness (QED) is 0.123. The molecule has 1 aliphatic carbocycles. The van der Waals surface area contributed by atoms with E-state index in [0.29, 0.717) is 6.42 Å². The van der Waals surface area contributed by atoms with Gasteiger partial charge in [0, 0.05) is 10.3 Å². The number of alkyl halides is 3. The summed E-state index contributed by atoms with van der Waals surface area (Å²) in [5, 5.41) is 8.41. The van der Waals surface area contributed by atoms with Gasteiger partial charge < -0.3 is 5.11 Å². The van der Waals surface area contributed by atoms with Crippen LogP contribution in [0.3, 0.4) is 0 Å². The van der Waals surface area contributed by atoms with Gasteiger partial charge in [0.2, 0.25) is 0 Å². The largest absolute Gasteiger partial charge is 0.481 e. The van der Waals surface area contributed by atoms with Crippen molar-refractivity contribution in [2.45, 2.75) is 107 Å². The highest BCUT2D eigenvalue weighted by atomic mass is 127. The van der Waals surface area contributed by atoms with E-state index in [-0.39, 0.29) is 0 Å². The molecule has 1 N–H and O–H groups in total. The van der Waals surface area contributed by atoms with Crippen LogP contribution in [-0.2, 0) is 11.2 Å².